The number of methoxy groups -OCH3 is 1. The fourth-order valence-electron chi connectivity index (χ4n) is 2.40. The molecule has 7 nitrogen and oxygen atoms in total. The van der Waals surface area contributed by atoms with Crippen LogP contribution in [0.15, 0.2) is 24.5 Å². The Morgan fingerprint density at radius 1 is 1.48 bits per heavy atom. The number of ether oxygens (including phenoxy) is 1. The van der Waals surface area contributed by atoms with Gasteiger partial charge in [-0.1, -0.05) is 5.21 Å². The number of hydrogen-bond acceptors (Lipinski definition) is 5. The van der Waals surface area contributed by atoms with Crippen LogP contribution in [0.1, 0.15) is 12.8 Å². The average molecular weight is 287 g/mol. The van der Waals surface area contributed by atoms with Crippen LogP contribution in [0.5, 0.6) is 5.88 Å². The average Bonchev–Trinajstić information content (AvgIpc) is 3.14. The van der Waals surface area contributed by atoms with Crippen molar-refractivity contribution in [1.29, 1.82) is 0 Å². The minimum atomic E-state index is 0.0975. The Labute approximate surface area is 122 Å². The molecule has 0 radical (unpaired) electrons. The van der Waals surface area contributed by atoms with Gasteiger partial charge in [0.25, 0.3) is 0 Å². The zero-order chi connectivity index (χ0) is 14.7. The van der Waals surface area contributed by atoms with Crippen molar-refractivity contribution in [3.8, 4) is 17.1 Å². The Balaban J connectivity index is 1.63. The Bertz CT molecular complexity index is 623. The number of pyridine rings is 1. The molecule has 1 amide bonds. The van der Waals surface area contributed by atoms with E-state index in [2.05, 4.69) is 20.6 Å². The van der Waals surface area contributed by atoms with Gasteiger partial charge in [-0.2, -0.15) is 0 Å². The predicted molar refractivity (Wildman–Crippen MR) is 75.5 cm³/mol. The van der Waals surface area contributed by atoms with E-state index in [0.29, 0.717) is 12.4 Å². The van der Waals surface area contributed by atoms with Gasteiger partial charge in [-0.05, 0) is 18.9 Å². The van der Waals surface area contributed by atoms with E-state index in [4.69, 9.17) is 4.74 Å². The zero-order valence-electron chi connectivity index (χ0n) is 11.8. The number of rotatable bonds is 5. The van der Waals surface area contributed by atoms with E-state index in [9.17, 15) is 4.79 Å². The standard InChI is InChI=1S/C14H17N5O2/c1-21-13-3-2-11(8-16-13)12-9-19(18-17-12)7-5-10-4-6-15-14(10)20/h2-3,8-10H,4-7H2,1H3,(H,15,20). The summed E-state index contributed by atoms with van der Waals surface area (Å²) in [5.41, 5.74) is 1.65. The van der Waals surface area contributed by atoms with Gasteiger partial charge in [0.15, 0.2) is 0 Å². The highest BCUT2D eigenvalue weighted by atomic mass is 16.5. The second-order valence-corrected chi connectivity index (χ2v) is 5.02. The summed E-state index contributed by atoms with van der Waals surface area (Å²) in [6, 6.07) is 3.68. The monoisotopic (exact) mass is 287 g/mol. The quantitative estimate of drug-likeness (QED) is 0.882. The number of aromatic nitrogens is 4. The van der Waals surface area contributed by atoms with Crippen LogP contribution in [0.25, 0.3) is 11.3 Å². The largest absolute Gasteiger partial charge is 0.481 e. The molecule has 0 aromatic carbocycles. The van der Waals surface area contributed by atoms with Gasteiger partial charge in [-0.15, -0.1) is 5.10 Å². The van der Waals surface area contributed by atoms with Crippen molar-refractivity contribution in [2.45, 2.75) is 19.4 Å². The van der Waals surface area contributed by atoms with Crippen LogP contribution < -0.4 is 10.1 Å². The van der Waals surface area contributed by atoms with E-state index < -0.39 is 0 Å². The molecule has 0 spiro atoms. The SMILES string of the molecule is COc1ccc(-c2cn(CCC3CCNC3=O)nn2)cn1. The highest BCUT2D eigenvalue weighted by molar-refractivity contribution is 5.80. The van der Waals surface area contributed by atoms with Crippen molar-refractivity contribution >= 4 is 5.91 Å². The van der Waals surface area contributed by atoms with Crippen LogP contribution in [0.3, 0.4) is 0 Å². The molecule has 3 rings (SSSR count). The van der Waals surface area contributed by atoms with Gasteiger partial charge in [0.05, 0.1) is 13.3 Å². The van der Waals surface area contributed by atoms with Crippen LogP contribution >= 0.6 is 0 Å². The lowest BCUT2D eigenvalue weighted by molar-refractivity contribution is -0.122. The molecule has 21 heavy (non-hydrogen) atoms. The number of carbonyl (C=O) groups excluding carboxylic acids is 1. The van der Waals surface area contributed by atoms with Crippen molar-refractivity contribution < 1.29 is 9.53 Å². The molecular formula is C14H17N5O2. The maximum absolute atomic E-state index is 11.5. The Morgan fingerprint density at radius 2 is 2.38 bits per heavy atom. The summed E-state index contributed by atoms with van der Waals surface area (Å²) in [7, 11) is 1.58. The van der Waals surface area contributed by atoms with Crippen molar-refractivity contribution in [1.82, 2.24) is 25.3 Å². The van der Waals surface area contributed by atoms with Crippen LogP contribution in [-0.2, 0) is 11.3 Å². The molecule has 1 atom stereocenters. The molecule has 0 aliphatic carbocycles. The molecular weight excluding hydrogens is 270 g/mol. The van der Waals surface area contributed by atoms with Gasteiger partial charge in [-0.25, -0.2) is 4.98 Å². The van der Waals surface area contributed by atoms with Gasteiger partial charge < -0.3 is 10.1 Å². The van der Waals surface area contributed by atoms with Crippen molar-refractivity contribution in [2.75, 3.05) is 13.7 Å². The summed E-state index contributed by atoms with van der Waals surface area (Å²) in [5.74, 6) is 0.813. The molecule has 110 valence electrons. The lowest BCUT2D eigenvalue weighted by atomic mass is 10.0. The fourth-order valence-corrected chi connectivity index (χ4v) is 2.40. The van der Waals surface area contributed by atoms with Crippen LogP contribution in [0.2, 0.25) is 0 Å². The maximum Gasteiger partial charge on any atom is 0.223 e. The number of nitrogens with zero attached hydrogens (tertiary/aromatic N) is 4. The van der Waals surface area contributed by atoms with E-state index in [0.717, 1.165) is 30.6 Å². The molecule has 0 bridgehead atoms. The minimum Gasteiger partial charge on any atom is -0.481 e. The molecule has 1 fully saturated rings. The number of carbonyl (C=O) groups is 1. The Hall–Kier alpha value is -2.44. The normalized spacial score (nSPS) is 17.8. The zero-order valence-corrected chi connectivity index (χ0v) is 11.8. The number of nitrogens with one attached hydrogen (secondary N) is 1. The van der Waals surface area contributed by atoms with Crippen molar-refractivity contribution in [3.63, 3.8) is 0 Å². The first-order chi connectivity index (χ1) is 10.3. The van der Waals surface area contributed by atoms with E-state index in [1.165, 1.54) is 0 Å². The maximum atomic E-state index is 11.5. The van der Waals surface area contributed by atoms with Crippen LogP contribution in [0, 0.1) is 5.92 Å². The van der Waals surface area contributed by atoms with Gasteiger partial charge in [0.2, 0.25) is 11.8 Å². The molecule has 1 aliphatic heterocycles. The summed E-state index contributed by atoms with van der Waals surface area (Å²) in [6.07, 6.45) is 5.27. The molecule has 2 aromatic rings. The van der Waals surface area contributed by atoms with Crippen LogP contribution in [0.4, 0.5) is 0 Å². The molecule has 1 N–H and O–H groups in total. The third-order valence-electron chi connectivity index (χ3n) is 3.65. The Kier molecular flexibility index (Phi) is 3.81. The second kappa shape index (κ2) is 5.90. The van der Waals surface area contributed by atoms with Gasteiger partial charge in [0.1, 0.15) is 5.69 Å². The van der Waals surface area contributed by atoms with E-state index in [1.54, 1.807) is 24.1 Å². The number of aryl methyl sites for hydroxylation is 1. The lowest BCUT2D eigenvalue weighted by Gasteiger charge is -2.05. The van der Waals surface area contributed by atoms with Gasteiger partial charge in [-0.3, -0.25) is 9.48 Å². The molecule has 1 saturated heterocycles. The molecule has 0 saturated carbocycles. The fraction of sp³-hybridized carbons (Fsp3) is 0.429. The number of hydrogen-bond donors (Lipinski definition) is 1. The third-order valence-corrected chi connectivity index (χ3v) is 3.65. The number of amides is 1. The van der Waals surface area contributed by atoms with E-state index in [1.807, 2.05) is 12.3 Å². The first kappa shape index (κ1) is 13.5. The first-order valence-electron chi connectivity index (χ1n) is 6.94. The van der Waals surface area contributed by atoms with E-state index in [-0.39, 0.29) is 11.8 Å². The molecule has 3 heterocycles. The third kappa shape index (κ3) is 3.01. The summed E-state index contributed by atoms with van der Waals surface area (Å²) >= 11 is 0. The van der Waals surface area contributed by atoms with Crippen LogP contribution in [-0.4, -0.2) is 39.5 Å². The van der Waals surface area contributed by atoms with Gasteiger partial charge in [0, 0.05) is 36.8 Å². The molecule has 1 aliphatic rings. The summed E-state index contributed by atoms with van der Waals surface area (Å²) in [5, 5.41) is 11.1. The smallest absolute Gasteiger partial charge is 0.223 e. The molecule has 1 unspecified atom stereocenters. The first-order valence-corrected chi connectivity index (χ1v) is 6.94. The van der Waals surface area contributed by atoms with E-state index >= 15 is 0 Å². The highest BCUT2D eigenvalue weighted by Gasteiger charge is 2.23. The highest BCUT2D eigenvalue weighted by Crippen LogP contribution is 2.18. The predicted octanol–water partition coefficient (Wildman–Crippen LogP) is 0.875. The topological polar surface area (TPSA) is 81.9 Å². The summed E-state index contributed by atoms with van der Waals surface area (Å²) in [4.78, 5) is 15.7. The molecule has 7 heteroatoms. The van der Waals surface area contributed by atoms with Crippen molar-refractivity contribution in [3.05, 3.63) is 24.5 Å². The lowest BCUT2D eigenvalue weighted by Crippen LogP contribution is -2.20. The summed E-state index contributed by atoms with van der Waals surface area (Å²) in [6.45, 7) is 1.47. The van der Waals surface area contributed by atoms with Gasteiger partial charge >= 0.3 is 0 Å². The summed E-state index contributed by atoms with van der Waals surface area (Å²) < 4.78 is 6.79. The Morgan fingerprint density at radius 3 is 3.05 bits per heavy atom. The van der Waals surface area contributed by atoms with Crippen molar-refractivity contribution in [2.24, 2.45) is 5.92 Å². The molecule has 2 aromatic heterocycles. The second-order valence-electron chi connectivity index (χ2n) is 5.02. The minimum absolute atomic E-state index is 0.0975.